The number of ether oxygens (including phenoxy) is 1. The van der Waals surface area contributed by atoms with Crippen molar-refractivity contribution in [1.29, 1.82) is 0 Å². The van der Waals surface area contributed by atoms with E-state index in [0.29, 0.717) is 0 Å². The summed E-state index contributed by atoms with van der Waals surface area (Å²) in [6.07, 6.45) is 3.47. The molecule has 2 amide bonds. The number of hydrogen-bond acceptors (Lipinski definition) is 4. The molecule has 2 atom stereocenters. The second-order valence-corrected chi connectivity index (χ2v) is 6.92. The zero-order chi connectivity index (χ0) is 19.4. The molecule has 1 aromatic carbocycles. The molecule has 0 heterocycles. The molecular formula is C19H27BrN2O4. The van der Waals surface area contributed by atoms with Crippen molar-refractivity contribution in [3.8, 4) is 0 Å². The van der Waals surface area contributed by atoms with E-state index >= 15 is 0 Å². The highest BCUT2D eigenvalue weighted by atomic mass is 79.9. The SMILES string of the molecule is CC(C)[C@@H](CO)NC(=O)[C@H](/C=C/CCBr)NC(=O)OCc1ccccc1. The van der Waals surface area contributed by atoms with Crippen LogP contribution in [0.15, 0.2) is 42.5 Å². The lowest BCUT2D eigenvalue weighted by Gasteiger charge is -2.23. The van der Waals surface area contributed by atoms with E-state index in [0.717, 1.165) is 17.3 Å². The number of amides is 2. The molecule has 0 spiro atoms. The summed E-state index contributed by atoms with van der Waals surface area (Å²) < 4.78 is 5.17. The van der Waals surface area contributed by atoms with Gasteiger partial charge in [0.25, 0.3) is 0 Å². The Labute approximate surface area is 163 Å². The van der Waals surface area contributed by atoms with E-state index in [1.165, 1.54) is 0 Å². The summed E-state index contributed by atoms with van der Waals surface area (Å²) in [5.41, 5.74) is 0.860. The number of halogens is 1. The molecule has 144 valence electrons. The average Bonchev–Trinajstić information content (AvgIpc) is 2.64. The summed E-state index contributed by atoms with van der Waals surface area (Å²) in [5.74, 6) is -0.318. The second kappa shape index (κ2) is 12.5. The first kappa shape index (κ1) is 22.2. The number of rotatable bonds is 10. The topological polar surface area (TPSA) is 87.7 Å². The van der Waals surface area contributed by atoms with Crippen LogP contribution < -0.4 is 10.6 Å². The Hall–Kier alpha value is -1.86. The minimum Gasteiger partial charge on any atom is -0.445 e. The van der Waals surface area contributed by atoms with Crippen LogP contribution in [0.25, 0.3) is 0 Å². The molecule has 3 N–H and O–H groups in total. The molecule has 0 aliphatic carbocycles. The molecule has 1 rings (SSSR count). The Kier molecular flexibility index (Phi) is 10.7. The van der Waals surface area contributed by atoms with Gasteiger partial charge in [-0.05, 0) is 17.9 Å². The van der Waals surface area contributed by atoms with Gasteiger partial charge < -0.3 is 20.5 Å². The number of aliphatic hydroxyl groups excluding tert-OH is 1. The van der Waals surface area contributed by atoms with Gasteiger partial charge in [0.2, 0.25) is 5.91 Å². The highest BCUT2D eigenvalue weighted by molar-refractivity contribution is 9.09. The maximum Gasteiger partial charge on any atom is 0.408 e. The van der Waals surface area contributed by atoms with Crippen LogP contribution in [0.5, 0.6) is 0 Å². The van der Waals surface area contributed by atoms with E-state index < -0.39 is 12.1 Å². The smallest absolute Gasteiger partial charge is 0.408 e. The maximum absolute atomic E-state index is 12.5. The van der Waals surface area contributed by atoms with Crippen LogP contribution in [0.4, 0.5) is 4.79 Å². The molecule has 0 saturated carbocycles. The molecule has 26 heavy (non-hydrogen) atoms. The highest BCUT2D eigenvalue weighted by Gasteiger charge is 2.22. The Morgan fingerprint density at radius 2 is 1.92 bits per heavy atom. The van der Waals surface area contributed by atoms with Crippen molar-refractivity contribution in [2.45, 2.75) is 39.0 Å². The molecule has 0 bridgehead atoms. The van der Waals surface area contributed by atoms with Crippen LogP contribution in [-0.4, -0.2) is 41.1 Å². The van der Waals surface area contributed by atoms with Gasteiger partial charge in [0.15, 0.2) is 0 Å². The Balaban J connectivity index is 2.66. The van der Waals surface area contributed by atoms with E-state index in [-0.39, 0.29) is 31.1 Å². The Morgan fingerprint density at radius 3 is 2.50 bits per heavy atom. The van der Waals surface area contributed by atoms with Crippen molar-refractivity contribution in [2.24, 2.45) is 5.92 Å². The summed E-state index contributed by atoms with van der Waals surface area (Å²) in [6, 6.07) is 8.05. The van der Waals surface area contributed by atoms with Crippen molar-refractivity contribution in [1.82, 2.24) is 10.6 Å². The molecule has 0 unspecified atom stereocenters. The molecule has 0 aliphatic rings. The van der Waals surface area contributed by atoms with E-state index in [9.17, 15) is 14.7 Å². The maximum atomic E-state index is 12.5. The fourth-order valence-electron chi connectivity index (χ4n) is 2.08. The van der Waals surface area contributed by atoms with Crippen LogP contribution in [-0.2, 0) is 16.1 Å². The van der Waals surface area contributed by atoms with Crippen LogP contribution in [0.2, 0.25) is 0 Å². The van der Waals surface area contributed by atoms with Gasteiger partial charge in [-0.25, -0.2) is 4.79 Å². The zero-order valence-corrected chi connectivity index (χ0v) is 16.7. The molecule has 6 nitrogen and oxygen atoms in total. The molecule has 0 saturated heterocycles. The van der Waals surface area contributed by atoms with Gasteiger partial charge in [0.1, 0.15) is 12.6 Å². The minimum absolute atomic E-state index is 0.0705. The lowest BCUT2D eigenvalue weighted by atomic mass is 10.0. The molecule has 0 aromatic heterocycles. The first-order chi connectivity index (χ1) is 12.5. The predicted octanol–water partition coefficient (Wildman–Crippen LogP) is 2.76. The average molecular weight is 427 g/mol. The summed E-state index contributed by atoms with van der Waals surface area (Å²) in [5, 5.41) is 15.4. The second-order valence-electron chi connectivity index (χ2n) is 6.13. The number of hydrogen-bond donors (Lipinski definition) is 3. The summed E-state index contributed by atoms with van der Waals surface area (Å²) in [7, 11) is 0. The van der Waals surface area contributed by atoms with Crippen LogP contribution in [0.3, 0.4) is 0 Å². The first-order valence-electron chi connectivity index (χ1n) is 8.59. The molecule has 0 fully saturated rings. The predicted molar refractivity (Wildman–Crippen MR) is 105 cm³/mol. The van der Waals surface area contributed by atoms with Gasteiger partial charge >= 0.3 is 6.09 Å². The van der Waals surface area contributed by atoms with E-state index in [4.69, 9.17) is 4.74 Å². The number of alkyl halides is 1. The lowest BCUT2D eigenvalue weighted by molar-refractivity contribution is -0.123. The number of alkyl carbamates (subject to hydrolysis) is 1. The van der Waals surface area contributed by atoms with Crippen molar-refractivity contribution >= 4 is 27.9 Å². The van der Waals surface area contributed by atoms with Gasteiger partial charge in [-0.3, -0.25) is 4.79 Å². The summed E-state index contributed by atoms with van der Waals surface area (Å²) >= 11 is 3.31. The standard InChI is InChI=1S/C19H27BrN2O4/c1-14(2)17(12-23)21-18(24)16(10-6-7-11-20)22-19(25)26-13-15-8-4-3-5-9-15/h3-6,8-10,14,16-17,23H,7,11-13H2,1-2H3,(H,21,24)(H,22,25)/b10-6+/t16-,17+/m0/s1. The lowest BCUT2D eigenvalue weighted by Crippen LogP contribution is -2.51. The third-order valence-electron chi connectivity index (χ3n) is 3.70. The van der Waals surface area contributed by atoms with Gasteiger partial charge in [-0.2, -0.15) is 0 Å². The number of carbonyl (C=O) groups excluding carboxylic acids is 2. The van der Waals surface area contributed by atoms with Crippen LogP contribution in [0, 0.1) is 5.92 Å². The highest BCUT2D eigenvalue weighted by Crippen LogP contribution is 2.04. The summed E-state index contributed by atoms with van der Waals surface area (Å²) in [4.78, 5) is 24.5. The van der Waals surface area contributed by atoms with Crippen molar-refractivity contribution in [3.05, 3.63) is 48.0 Å². The Morgan fingerprint density at radius 1 is 1.23 bits per heavy atom. The van der Waals surface area contributed by atoms with E-state index in [2.05, 4.69) is 26.6 Å². The van der Waals surface area contributed by atoms with Crippen LogP contribution in [0.1, 0.15) is 25.8 Å². The van der Waals surface area contributed by atoms with Crippen molar-refractivity contribution < 1.29 is 19.4 Å². The third kappa shape index (κ3) is 8.49. The molecule has 7 heteroatoms. The number of nitrogens with one attached hydrogen (secondary N) is 2. The van der Waals surface area contributed by atoms with Crippen molar-refractivity contribution in [2.75, 3.05) is 11.9 Å². The zero-order valence-electron chi connectivity index (χ0n) is 15.2. The van der Waals surface area contributed by atoms with E-state index in [1.54, 1.807) is 12.2 Å². The third-order valence-corrected chi connectivity index (χ3v) is 4.16. The van der Waals surface area contributed by atoms with Gasteiger partial charge in [-0.1, -0.05) is 72.3 Å². The summed E-state index contributed by atoms with van der Waals surface area (Å²) in [6.45, 7) is 3.76. The fourth-order valence-corrected chi connectivity index (χ4v) is 2.35. The quantitative estimate of drug-likeness (QED) is 0.396. The fraction of sp³-hybridized carbons (Fsp3) is 0.474. The van der Waals surface area contributed by atoms with Crippen molar-refractivity contribution in [3.63, 3.8) is 0 Å². The normalized spacial score (nSPS) is 13.4. The molecule has 1 aromatic rings. The first-order valence-corrected chi connectivity index (χ1v) is 9.71. The number of carbonyl (C=O) groups is 2. The number of benzene rings is 1. The minimum atomic E-state index is -0.870. The van der Waals surface area contributed by atoms with E-state index in [1.807, 2.05) is 44.2 Å². The Bertz CT molecular complexity index is 578. The van der Waals surface area contributed by atoms with Crippen LogP contribution >= 0.6 is 15.9 Å². The monoisotopic (exact) mass is 426 g/mol. The largest absolute Gasteiger partial charge is 0.445 e. The molecular weight excluding hydrogens is 400 g/mol. The molecule has 0 aliphatic heterocycles. The molecule has 0 radical (unpaired) electrons. The van der Waals surface area contributed by atoms with Gasteiger partial charge in [0, 0.05) is 5.33 Å². The van der Waals surface area contributed by atoms with Gasteiger partial charge in [0.05, 0.1) is 12.6 Å². The number of allylic oxidation sites excluding steroid dienone is 1. The van der Waals surface area contributed by atoms with Gasteiger partial charge in [-0.15, -0.1) is 0 Å². The number of aliphatic hydroxyl groups is 1.